The van der Waals surface area contributed by atoms with Gasteiger partial charge in [-0.3, -0.25) is 0 Å². The highest BCUT2D eigenvalue weighted by Gasteiger charge is 2.15. The highest BCUT2D eigenvalue weighted by Crippen LogP contribution is 2.28. The molecule has 1 unspecified atom stereocenters. The van der Waals surface area contributed by atoms with Crippen molar-refractivity contribution >= 4 is 11.0 Å². The first-order valence-corrected chi connectivity index (χ1v) is 7.88. The van der Waals surface area contributed by atoms with Gasteiger partial charge in [0.1, 0.15) is 11.3 Å². The second kappa shape index (κ2) is 7.62. The van der Waals surface area contributed by atoms with Gasteiger partial charge in [0.05, 0.1) is 6.04 Å². The lowest BCUT2D eigenvalue weighted by Crippen LogP contribution is -2.21. The van der Waals surface area contributed by atoms with E-state index in [4.69, 9.17) is 9.15 Å². The van der Waals surface area contributed by atoms with Crippen LogP contribution in [0.25, 0.3) is 11.0 Å². The molecule has 0 bridgehead atoms. The quantitative estimate of drug-likeness (QED) is 0.729. The van der Waals surface area contributed by atoms with Gasteiger partial charge in [-0.25, -0.2) is 0 Å². The molecule has 1 aromatic heterocycles. The fourth-order valence-electron chi connectivity index (χ4n) is 2.51. The third kappa shape index (κ3) is 4.32. The largest absolute Gasteiger partial charge is 0.459 e. The molecule has 3 heteroatoms. The maximum atomic E-state index is 5.98. The Morgan fingerprint density at radius 3 is 2.67 bits per heavy atom. The summed E-state index contributed by atoms with van der Waals surface area (Å²) in [5, 5.41) is 4.72. The van der Waals surface area contributed by atoms with Crippen LogP contribution in [0.4, 0.5) is 0 Å². The first-order chi connectivity index (χ1) is 10.1. The Bertz CT molecular complexity index is 559. The van der Waals surface area contributed by atoms with Crippen molar-refractivity contribution in [3.05, 3.63) is 35.6 Å². The van der Waals surface area contributed by atoms with Crippen molar-refractivity contribution in [1.29, 1.82) is 0 Å². The van der Waals surface area contributed by atoms with Gasteiger partial charge in [-0.15, -0.1) is 0 Å². The van der Waals surface area contributed by atoms with Crippen LogP contribution in [0.3, 0.4) is 0 Å². The van der Waals surface area contributed by atoms with E-state index < -0.39 is 0 Å². The van der Waals surface area contributed by atoms with Crippen molar-refractivity contribution in [2.45, 2.75) is 40.2 Å². The highest BCUT2D eigenvalue weighted by molar-refractivity contribution is 5.82. The predicted molar refractivity (Wildman–Crippen MR) is 87.6 cm³/mol. The van der Waals surface area contributed by atoms with Gasteiger partial charge in [0.15, 0.2) is 0 Å². The lowest BCUT2D eigenvalue weighted by Gasteiger charge is -2.13. The van der Waals surface area contributed by atoms with Crippen molar-refractivity contribution in [2.24, 2.45) is 5.92 Å². The number of fused-ring (bicyclic) bond motifs is 1. The number of furan rings is 1. The van der Waals surface area contributed by atoms with E-state index in [1.54, 1.807) is 0 Å². The van der Waals surface area contributed by atoms with E-state index in [1.807, 2.05) is 12.1 Å². The van der Waals surface area contributed by atoms with Gasteiger partial charge < -0.3 is 14.5 Å². The van der Waals surface area contributed by atoms with Crippen LogP contribution in [-0.4, -0.2) is 19.8 Å². The summed E-state index contributed by atoms with van der Waals surface area (Å²) >= 11 is 0. The zero-order chi connectivity index (χ0) is 15.2. The highest BCUT2D eigenvalue weighted by atomic mass is 16.5. The molecule has 0 aliphatic heterocycles. The molecule has 3 nitrogen and oxygen atoms in total. The van der Waals surface area contributed by atoms with Gasteiger partial charge >= 0.3 is 0 Å². The van der Waals surface area contributed by atoms with Gasteiger partial charge in [0, 0.05) is 18.6 Å². The normalized spacial score (nSPS) is 13.2. The number of ether oxygens (including phenoxy) is 1. The van der Waals surface area contributed by atoms with Crippen molar-refractivity contribution in [1.82, 2.24) is 5.32 Å². The zero-order valence-electron chi connectivity index (χ0n) is 13.6. The minimum absolute atomic E-state index is 0.225. The smallest absolute Gasteiger partial charge is 0.134 e. The van der Waals surface area contributed by atoms with Crippen LogP contribution >= 0.6 is 0 Å². The number of benzene rings is 1. The molecule has 1 atom stereocenters. The summed E-state index contributed by atoms with van der Waals surface area (Å²) in [4.78, 5) is 0. The molecule has 0 aliphatic carbocycles. The summed E-state index contributed by atoms with van der Waals surface area (Å²) < 4.78 is 11.6. The number of hydrogen-bond donors (Lipinski definition) is 1. The Labute approximate surface area is 127 Å². The summed E-state index contributed by atoms with van der Waals surface area (Å²) in [6.45, 7) is 11.2. The van der Waals surface area contributed by atoms with Crippen LogP contribution < -0.4 is 5.32 Å². The van der Waals surface area contributed by atoms with Crippen LogP contribution in [-0.2, 0) is 4.74 Å². The third-order valence-electron chi connectivity index (χ3n) is 3.64. The lowest BCUT2D eigenvalue weighted by molar-refractivity contribution is 0.107. The van der Waals surface area contributed by atoms with Gasteiger partial charge in [0.25, 0.3) is 0 Å². The molecule has 1 N–H and O–H groups in total. The fourth-order valence-corrected chi connectivity index (χ4v) is 2.51. The monoisotopic (exact) mass is 289 g/mol. The Balaban J connectivity index is 1.82. The lowest BCUT2D eigenvalue weighted by atomic mass is 10.1. The summed E-state index contributed by atoms with van der Waals surface area (Å²) in [5.74, 6) is 1.65. The molecular weight excluding hydrogens is 262 g/mol. The zero-order valence-corrected chi connectivity index (χ0v) is 13.6. The van der Waals surface area contributed by atoms with Gasteiger partial charge in [-0.1, -0.05) is 32.0 Å². The number of nitrogens with one attached hydrogen (secondary N) is 1. The summed E-state index contributed by atoms with van der Waals surface area (Å²) in [6, 6.07) is 8.43. The van der Waals surface area contributed by atoms with Gasteiger partial charge in [-0.2, -0.15) is 0 Å². The molecule has 116 valence electrons. The summed E-state index contributed by atoms with van der Waals surface area (Å²) in [5.41, 5.74) is 2.21. The third-order valence-corrected chi connectivity index (χ3v) is 3.64. The molecule has 0 spiro atoms. The van der Waals surface area contributed by atoms with Crippen molar-refractivity contribution in [2.75, 3.05) is 19.8 Å². The van der Waals surface area contributed by atoms with E-state index >= 15 is 0 Å². The summed E-state index contributed by atoms with van der Waals surface area (Å²) in [7, 11) is 0. The Morgan fingerprint density at radius 2 is 1.95 bits per heavy atom. The van der Waals surface area contributed by atoms with Crippen molar-refractivity contribution < 1.29 is 9.15 Å². The second-order valence-corrected chi connectivity index (χ2v) is 6.09. The molecule has 1 aromatic carbocycles. The minimum Gasteiger partial charge on any atom is -0.459 e. The molecule has 0 radical (unpaired) electrons. The standard InChI is InChI=1S/C18H27NO2/c1-13(2)12-20-11-7-10-19-15(4)18-14(3)16-8-5-6-9-17(16)21-18/h5-6,8-9,13,15,19H,7,10-12H2,1-4H3. The first kappa shape index (κ1) is 16.1. The molecule has 2 aromatic rings. The molecule has 0 amide bonds. The average molecular weight is 289 g/mol. The Hall–Kier alpha value is -1.32. The number of para-hydroxylation sites is 1. The van der Waals surface area contributed by atoms with E-state index in [2.05, 4.69) is 45.1 Å². The van der Waals surface area contributed by atoms with Crippen LogP contribution in [0.15, 0.2) is 28.7 Å². The molecule has 21 heavy (non-hydrogen) atoms. The van der Waals surface area contributed by atoms with Crippen LogP contribution in [0.1, 0.15) is 44.6 Å². The molecule has 0 fully saturated rings. The maximum Gasteiger partial charge on any atom is 0.134 e. The number of rotatable bonds is 8. The van der Waals surface area contributed by atoms with Crippen LogP contribution in [0, 0.1) is 12.8 Å². The Kier molecular flexibility index (Phi) is 5.83. The van der Waals surface area contributed by atoms with Crippen LogP contribution in [0.5, 0.6) is 0 Å². The Morgan fingerprint density at radius 1 is 1.19 bits per heavy atom. The summed E-state index contributed by atoms with van der Waals surface area (Å²) in [6.07, 6.45) is 1.02. The average Bonchev–Trinajstić information content (AvgIpc) is 2.80. The van der Waals surface area contributed by atoms with Gasteiger partial charge in [0.2, 0.25) is 0 Å². The van der Waals surface area contributed by atoms with E-state index in [0.29, 0.717) is 5.92 Å². The van der Waals surface area contributed by atoms with E-state index in [0.717, 1.165) is 37.5 Å². The number of aryl methyl sites for hydroxylation is 1. The molecule has 1 heterocycles. The number of hydrogen-bond acceptors (Lipinski definition) is 3. The first-order valence-electron chi connectivity index (χ1n) is 7.88. The van der Waals surface area contributed by atoms with E-state index in [1.165, 1.54) is 10.9 Å². The molecular formula is C18H27NO2. The SMILES string of the molecule is Cc1c(C(C)NCCCOCC(C)C)oc2ccccc12. The predicted octanol–water partition coefficient (Wildman–Crippen LogP) is 4.45. The minimum atomic E-state index is 0.225. The van der Waals surface area contributed by atoms with Gasteiger partial charge in [-0.05, 0) is 44.4 Å². The fraction of sp³-hybridized carbons (Fsp3) is 0.556. The van der Waals surface area contributed by atoms with E-state index in [9.17, 15) is 0 Å². The van der Waals surface area contributed by atoms with E-state index in [-0.39, 0.29) is 6.04 Å². The van der Waals surface area contributed by atoms with Crippen LogP contribution in [0.2, 0.25) is 0 Å². The second-order valence-electron chi connectivity index (χ2n) is 6.09. The van der Waals surface area contributed by atoms with Crippen molar-refractivity contribution in [3.63, 3.8) is 0 Å². The molecule has 0 saturated carbocycles. The molecule has 0 aliphatic rings. The van der Waals surface area contributed by atoms with Crippen molar-refractivity contribution in [3.8, 4) is 0 Å². The molecule has 0 saturated heterocycles. The maximum absolute atomic E-state index is 5.98. The molecule has 2 rings (SSSR count). The topological polar surface area (TPSA) is 34.4 Å².